The fourth-order valence-corrected chi connectivity index (χ4v) is 4.50. The van der Waals surface area contributed by atoms with E-state index in [1.54, 1.807) is 6.07 Å². The lowest BCUT2D eigenvalue weighted by Gasteiger charge is -2.25. The van der Waals surface area contributed by atoms with Crippen molar-refractivity contribution in [2.45, 2.75) is 30.6 Å². The topological polar surface area (TPSA) is 111 Å². The Labute approximate surface area is 161 Å². The Morgan fingerprint density at radius 3 is 2.63 bits per heavy atom. The van der Waals surface area contributed by atoms with Gasteiger partial charge in [-0.3, -0.25) is 10.1 Å². The normalized spacial score (nSPS) is 15.5. The summed E-state index contributed by atoms with van der Waals surface area (Å²) in [5.74, 6) is -0.293. The van der Waals surface area contributed by atoms with Crippen LogP contribution in [-0.2, 0) is 10.1 Å². The van der Waals surface area contributed by atoms with Crippen molar-refractivity contribution < 1.29 is 17.5 Å². The van der Waals surface area contributed by atoms with Gasteiger partial charge in [-0.25, -0.2) is 4.98 Å². The highest BCUT2D eigenvalue weighted by Crippen LogP contribution is 2.34. The number of pyridine rings is 1. The fourth-order valence-electron chi connectivity index (χ4n) is 3.07. The fraction of sp³-hybridized carbons (Fsp3) is 0.353. The third kappa shape index (κ3) is 4.37. The molecule has 144 valence electrons. The maximum atomic E-state index is 12.9. The van der Waals surface area contributed by atoms with Crippen LogP contribution in [-0.4, -0.2) is 31.4 Å². The molecule has 8 nitrogen and oxygen atoms in total. The molecule has 0 saturated carbocycles. The van der Waals surface area contributed by atoms with E-state index >= 15 is 0 Å². The summed E-state index contributed by atoms with van der Waals surface area (Å²) >= 11 is 5.92. The average molecular weight is 412 g/mol. The van der Waals surface area contributed by atoms with Crippen LogP contribution in [0, 0.1) is 17.0 Å². The zero-order chi connectivity index (χ0) is 19.6. The van der Waals surface area contributed by atoms with Crippen LogP contribution in [0.2, 0.25) is 5.02 Å². The Morgan fingerprint density at radius 2 is 2.00 bits per heavy atom. The molecule has 0 unspecified atom stereocenters. The lowest BCUT2D eigenvalue weighted by Crippen LogP contribution is -2.27. The van der Waals surface area contributed by atoms with Gasteiger partial charge in [-0.1, -0.05) is 29.3 Å². The number of hydrogen-bond donors (Lipinski definition) is 1. The number of hydrogen-bond acceptors (Lipinski definition) is 7. The van der Waals surface area contributed by atoms with E-state index in [0.717, 1.165) is 43.8 Å². The smallest absolute Gasteiger partial charge is 0.341 e. The molecular weight excluding hydrogens is 394 g/mol. The molecule has 0 spiro atoms. The number of aromatic nitrogens is 1. The molecule has 0 bridgehead atoms. The van der Waals surface area contributed by atoms with Crippen LogP contribution in [0.5, 0.6) is 5.88 Å². The SMILES string of the molecule is Cc1ccc(S(=O)(=O)Oc2ncc([N+](=O)[O-])cc2Cl)c(C2CCNCC2)c1. The van der Waals surface area contributed by atoms with E-state index < -0.39 is 15.0 Å². The van der Waals surface area contributed by atoms with Gasteiger partial charge in [0.1, 0.15) is 16.1 Å². The number of benzene rings is 1. The van der Waals surface area contributed by atoms with E-state index in [1.165, 1.54) is 6.07 Å². The molecule has 2 heterocycles. The quantitative estimate of drug-likeness (QED) is 0.456. The van der Waals surface area contributed by atoms with Crippen LogP contribution in [0.3, 0.4) is 0 Å². The first-order valence-corrected chi connectivity index (χ1v) is 10.1. The highest BCUT2D eigenvalue weighted by atomic mass is 35.5. The number of nitro groups is 1. The Bertz CT molecular complexity index is 975. The number of nitrogens with one attached hydrogen (secondary N) is 1. The van der Waals surface area contributed by atoms with Crippen molar-refractivity contribution in [3.05, 3.63) is 56.7 Å². The average Bonchev–Trinajstić information content (AvgIpc) is 2.63. The first-order chi connectivity index (χ1) is 12.8. The van der Waals surface area contributed by atoms with Gasteiger partial charge < -0.3 is 9.50 Å². The highest BCUT2D eigenvalue weighted by Gasteiger charge is 2.28. The second-order valence-electron chi connectivity index (χ2n) is 6.34. The molecule has 2 aromatic rings. The number of rotatable bonds is 5. The summed E-state index contributed by atoms with van der Waals surface area (Å²) in [6.45, 7) is 3.53. The van der Waals surface area contributed by atoms with Crippen molar-refractivity contribution in [1.82, 2.24) is 10.3 Å². The predicted molar refractivity (Wildman–Crippen MR) is 99.7 cm³/mol. The lowest BCUT2D eigenvalue weighted by atomic mass is 9.89. The maximum absolute atomic E-state index is 12.9. The minimum absolute atomic E-state index is 0.0659. The molecule has 1 aliphatic rings. The van der Waals surface area contributed by atoms with Crippen molar-refractivity contribution in [3.8, 4) is 5.88 Å². The van der Waals surface area contributed by atoms with Crippen molar-refractivity contribution in [2.75, 3.05) is 13.1 Å². The van der Waals surface area contributed by atoms with Gasteiger partial charge >= 0.3 is 10.1 Å². The molecule has 10 heteroatoms. The molecule has 27 heavy (non-hydrogen) atoms. The van der Waals surface area contributed by atoms with Crippen LogP contribution in [0.15, 0.2) is 35.4 Å². The van der Waals surface area contributed by atoms with Gasteiger partial charge in [0.15, 0.2) is 0 Å². The zero-order valence-corrected chi connectivity index (χ0v) is 16.1. The zero-order valence-electron chi connectivity index (χ0n) is 14.5. The van der Waals surface area contributed by atoms with Crippen LogP contribution in [0.1, 0.15) is 29.9 Å². The van der Waals surface area contributed by atoms with E-state index in [4.69, 9.17) is 15.8 Å². The van der Waals surface area contributed by atoms with Crippen LogP contribution < -0.4 is 9.50 Å². The standard InChI is InChI=1S/C17H18ClN3O5S/c1-11-2-3-16(14(8-11)12-4-6-19-7-5-12)27(24,25)26-17-15(18)9-13(10-20-17)21(22)23/h2-3,8-10,12,19H,4-7H2,1H3. The third-order valence-corrected chi connectivity index (χ3v) is 5.96. The minimum Gasteiger partial charge on any atom is -0.357 e. The predicted octanol–water partition coefficient (Wildman–Crippen LogP) is 3.19. The van der Waals surface area contributed by atoms with E-state index in [-0.39, 0.29) is 27.4 Å². The second-order valence-corrected chi connectivity index (χ2v) is 8.26. The van der Waals surface area contributed by atoms with Crippen molar-refractivity contribution in [1.29, 1.82) is 0 Å². The van der Waals surface area contributed by atoms with Gasteiger partial charge in [0.05, 0.1) is 4.92 Å². The van der Waals surface area contributed by atoms with E-state index in [1.807, 2.05) is 13.0 Å². The molecule has 1 aromatic heterocycles. The van der Waals surface area contributed by atoms with Gasteiger partial charge in [0.2, 0.25) is 0 Å². The summed E-state index contributed by atoms with van der Waals surface area (Å²) in [6, 6.07) is 6.08. The van der Waals surface area contributed by atoms with E-state index in [0.29, 0.717) is 5.56 Å². The number of aryl methyl sites for hydroxylation is 1. The second kappa shape index (κ2) is 7.79. The summed E-state index contributed by atoms with van der Waals surface area (Å²) in [7, 11) is -4.20. The molecule has 1 saturated heterocycles. The van der Waals surface area contributed by atoms with Gasteiger partial charge in [0, 0.05) is 6.07 Å². The number of nitrogens with zero attached hydrogens (tertiary/aromatic N) is 2. The minimum atomic E-state index is -4.20. The summed E-state index contributed by atoms with van der Waals surface area (Å²) in [4.78, 5) is 13.8. The molecule has 1 aromatic carbocycles. The largest absolute Gasteiger partial charge is 0.357 e. The van der Waals surface area contributed by atoms with Gasteiger partial charge in [0.25, 0.3) is 11.6 Å². The third-order valence-electron chi connectivity index (χ3n) is 4.41. The Balaban J connectivity index is 1.97. The first-order valence-electron chi connectivity index (χ1n) is 8.33. The van der Waals surface area contributed by atoms with E-state index in [2.05, 4.69) is 10.3 Å². The van der Waals surface area contributed by atoms with Crippen molar-refractivity contribution >= 4 is 27.4 Å². The Kier molecular flexibility index (Phi) is 5.64. The maximum Gasteiger partial charge on any atom is 0.341 e. The summed E-state index contributed by atoms with van der Waals surface area (Å²) in [6.07, 6.45) is 2.55. The molecule has 1 aliphatic heterocycles. The highest BCUT2D eigenvalue weighted by molar-refractivity contribution is 7.87. The Hall–Kier alpha value is -2.23. The van der Waals surface area contributed by atoms with Crippen molar-refractivity contribution in [3.63, 3.8) is 0 Å². The summed E-state index contributed by atoms with van der Waals surface area (Å²) < 4.78 is 30.9. The van der Waals surface area contributed by atoms with Crippen molar-refractivity contribution in [2.24, 2.45) is 0 Å². The molecule has 0 atom stereocenters. The summed E-state index contributed by atoms with van der Waals surface area (Å²) in [5.41, 5.74) is 1.30. The van der Waals surface area contributed by atoms with Crippen LogP contribution >= 0.6 is 11.6 Å². The molecular formula is C17H18ClN3O5S. The number of piperidine rings is 1. The molecule has 3 rings (SSSR count). The van der Waals surface area contributed by atoms with Gasteiger partial charge in [-0.05, 0) is 50.4 Å². The Morgan fingerprint density at radius 1 is 1.30 bits per heavy atom. The molecule has 1 fully saturated rings. The van der Waals surface area contributed by atoms with Crippen LogP contribution in [0.4, 0.5) is 5.69 Å². The molecule has 0 amide bonds. The first kappa shape index (κ1) is 19.5. The number of halogens is 1. The van der Waals surface area contributed by atoms with E-state index in [9.17, 15) is 18.5 Å². The molecule has 1 N–H and O–H groups in total. The van der Waals surface area contributed by atoms with Gasteiger partial charge in [-0.15, -0.1) is 0 Å². The molecule has 0 radical (unpaired) electrons. The monoisotopic (exact) mass is 411 g/mol. The van der Waals surface area contributed by atoms with Crippen LogP contribution in [0.25, 0.3) is 0 Å². The van der Waals surface area contributed by atoms with Gasteiger partial charge in [-0.2, -0.15) is 8.42 Å². The molecule has 0 aliphatic carbocycles. The lowest BCUT2D eigenvalue weighted by molar-refractivity contribution is -0.385. The summed E-state index contributed by atoms with van der Waals surface area (Å²) in [5, 5.41) is 13.8.